The monoisotopic (exact) mass is 225 g/mol. The second kappa shape index (κ2) is 6.22. The molecule has 16 heavy (non-hydrogen) atoms. The van der Waals surface area contributed by atoms with E-state index in [1.54, 1.807) is 13.8 Å². The highest BCUT2D eigenvalue weighted by atomic mass is 16.4. The number of rotatable bonds is 3. The van der Waals surface area contributed by atoms with Gasteiger partial charge in [-0.15, -0.1) is 5.10 Å². The number of piperidine rings is 1. The van der Waals surface area contributed by atoms with Crippen molar-refractivity contribution in [2.45, 2.75) is 39.2 Å². The van der Waals surface area contributed by atoms with E-state index in [0.29, 0.717) is 17.3 Å². The largest absolute Gasteiger partial charge is 0.411 e. The van der Waals surface area contributed by atoms with Crippen LogP contribution in [0, 0.1) is 0 Å². The van der Waals surface area contributed by atoms with Gasteiger partial charge in [0.25, 0.3) is 0 Å². The molecule has 1 unspecified atom stereocenters. The molecule has 1 rings (SSSR count). The van der Waals surface area contributed by atoms with Crippen LogP contribution >= 0.6 is 0 Å². The van der Waals surface area contributed by atoms with Crippen LogP contribution in [0.25, 0.3) is 0 Å². The Morgan fingerprint density at radius 2 is 2.00 bits per heavy atom. The fraction of sp³-hybridized carbons (Fsp3) is 0.700. The molecule has 1 atom stereocenters. The van der Waals surface area contributed by atoms with Gasteiger partial charge in [0.1, 0.15) is 5.84 Å². The molecule has 4 N–H and O–H groups in total. The Morgan fingerprint density at radius 1 is 1.25 bits per heavy atom. The van der Waals surface area contributed by atoms with Crippen molar-refractivity contribution in [3.05, 3.63) is 0 Å². The fourth-order valence-corrected chi connectivity index (χ4v) is 1.45. The molecule has 0 spiro atoms. The number of amidine groups is 1. The van der Waals surface area contributed by atoms with E-state index in [4.69, 9.17) is 10.9 Å². The van der Waals surface area contributed by atoms with E-state index in [2.05, 4.69) is 20.7 Å². The molecule has 1 fully saturated rings. The van der Waals surface area contributed by atoms with Crippen LogP contribution < -0.4 is 11.1 Å². The smallest absolute Gasteiger partial charge is 0.139 e. The summed E-state index contributed by atoms with van der Waals surface area (Å²) in [6.45, 7) is 4.35. The summed E-state index contributed by atoms with van der Waals surface area (Å²) in [4.78, 5) is 0. The van der Waals surface area contributed by atoms with E-state index in [9.17, 15) is 0 Å². The Morgan fingerprint density at radius 3 is 2.56 bits per heavy atom. The maximum atomic E-state index is 8.53. The van der Waals surface area contributed by atoms with Gasteiger partial charge in [0.2, 0.25) is 0 Å². The Balaban J connectivity index is 2.61. The van der Waals surface area contributed by atoms with Gasteiger partial charge in [-0.3, -0.25) is 0 Å². The van der Waals surface area contributed by atoms with Crippen LogP contribution in [0.15, 0.2) is 15.4 Å². The molecule has 1 aliphatic rings. The molecule has 0 saturated carbocycles. The van der Waals surface area contributed by atoms with Gasteiger partial charge >= 0.3 is 0 Å². The molecule has 1 saturated heterocycles. The Labute approximate surface area is 95.3 Å². The number of nitrogens with one attached hydrogen (secondary N) is 1. The lowest BCUT2D eigenvalue weighted by atomic mass is 10.0. The molecule has 0 aliphatic carbocycles. The summed E-state index contributed by atoms with van der Waals surface area (Å²) in [5.41, 5.74) is 6.81. The molecule has 0 aromatic rings. The third-order valence-electron chi connectivity index (χ3n) is 2.66. The number of hydrogen-bond donors (Lipinski definition) is 3. The minimum Gasteiger partial charge on any atom is -0.411 e. The maximum absolute atomic E-state index is 8.53. The van der Waals surface area contributed by atoms with E-state index in [0.717, 1.165) is 19.4 Å². The molecule has 1 aliphatic heterocycles. The summed E-state index contributed by atoms with van der Waals surface area (Å²) in [5.74, 6) is 0.491. The predicted molar refractivity (Wildman–Crippen MR) is 65.3 cm³/mol. The van der Waals surface area contributed by atoms with Crippen LogP contribution in [0.3, 0.4) is 0 Å². The first kappa shape index (κ1) is 12.6. The van der Waals surface area contributed by atoms with Crippen molar-refractivity contribution in [2.75, 3.05) is 6.54 Å². The third-order valence-corrected chi connectivity index (χ3v) is 2.66. The van der Waals surface area contributed by atoms with Crippen LogP contribution in [0.2, 0.25) is 0 Å². The summed E-state index contributed by atoms with van der Waals surface area (Å²) >= 11 is 0. The molecule has 0 radical (unpaired) electrons. The van der Waals surface area contributed by atoms with Crippen molar-refractivity contribution in [3.63, 3.8) is 0 Å². The van der Waals surface area contributed by atoms with E-state index in [1.165, 1.54) is 6.42 Å². The average molecular weight is 225 g/mol. The van der Waals surface area contributed by atoms with Crippen molar-refractivity contribution in [1.82, 2.24) is 5.32 Å². The van der Waals surface area contributed by atoms with Gasteiger partial charge in [0.15, 0.2) is 0 Å². The first-order valence-corrected chi connectivity index (χ1v) is 5.45. The fourth-order valence-electron chi connectivity index (χ4n) is 1.45. The molecule has 6 heteroatoms. The zero-order chi connectivity index (χ0) is 12.0. The van der Waals surface area contributed by atoms with Crippen LogP contribution in [-0.2, 0) is 0 Å². The van der Waals surface area contributed by atoms with Gasteiger partial charge in [0.05, 0.1) is 17.5 Å². The van der Waals surface area contributed by atoms with Gasteiger partial charge in [-0.1, -0.05) is 11.6 Å². The number of hydrogen-bond acceptors (Lipinski definition) is 5. The first-order chi connectivity index (χ1) is 7.65. The first-order valence-electron chi connectivity index (χ1n) is 5.45. The highest BCUT2D eigenvalue weighted by molar-refractivity contribution is 6.40. The van der Waals surface area contributed by atoms with E-state index < -0.39 is 0 Å². The van der Waals surface area contributed by atoms with Gasteiger partial charge in [-0.25, -0.2) is 0 Å². The van der Waals surface area contributed by atoms with Crippen molar-refractivity contribution < 1.29 is 5.21 Å². The van der Waals surface area contributed by atoms with Gasteiger partial charge in [-0.05, 0) is 33.2 Å². The minimum absolute atomic E-state index is 0.122. The highest BCUT2D eigenvalue weighted by Crippen LogP contribution is 2.06. The summed E-state index contributed by atoms with van der Waals surface area (Å²) in [7, 11) is 0. The van der Waals surface area contributed by atoms with Crippen LogP contribution in [0.1, 0.15) is 33.1 Å². The Bertz CT molecular complexity index is 315. The lowest BCUT2D eigenvalue weighted by Gasteiger charge is -2.21. The lowest BCUT2D eigenvalue weighted by Crippen LogP contribution is -2.44. The number of nitrogens with two attached hydrogens (primary N) is 1. The zero-order valence-corrected chi connectivity index (χ0v) is 9.77. The molecule has 1 heterocycles. The van der Waals surface area contributed by atoms with E-state index in [-0.39, 0.29) is 6.04 Å². The van der Waals surface area contributed by atoms with Crippen molar-refractivity contribution in [3.8, 4) is 0 Å². The average Bonchev–Trinajstić information content (AvgIpc) is 2.35. The van der Waals surface area contributed by atoms with E-state index >= 15 is 0 Å². The van der Waals surface area contributed by atoms with Gasteiger partial charge in [0, 0.05) is 0 Å². The van der Waals surface area contributed by atoms with Crippen molar-refractivity contribution in [1.29, 1.82) is 0 Å². The molecule has 6 nitrogen and oxygen atoms in total. The topological polar surface area (TPSA) is 95.4 Å². The zero-order valence-electron chi connectivity index (χ0n) is 9.77. The van der Waals surface area contributed by atoms with Gasteiger partial charge < -0.3 is 16.3 Å². The Kier molecular flexibility index (Phi) is 4.91. The summed E-state index contributed by atoms with van der Waals surface area (Å²) in [6, 6.07) is 0.122. The molecule has 0 bridgehead atoms. The van der Waals surface area contributed by atoms with Gasteiger partial charge in [-0.2, -0.15) is 5.10 Å². The molecule has 0 amide bonds. The Hall–Kier alpha value is -1.43. The predicted octanol–water partition coefficient (Wildman–Crippen LogP) is 0.712. The molecule has 0 aromatic carbocycles. The summed E-state index contributed by atoms with van der Waals surface area (Å²) in [5, 5.41) is 22.7. The number of nitrogens with zero attached hydrogens (tertiary/aromatic N) is 3. The highest BCUT2D eigenvalue weighted by Gasteiger charge is 2.15. The maximum Gasteiger partial charge on any atom is 0.139 e. The normalized spacial score (nSPS) is 24.6. The standard InChI is InChI=1S/C10H19N5O/c1-7(8(2)15-16)13-14-10(11)9-5-3-4-6-12-9/h9,12,16H,3-6H2,1-2H3,(H2,11,14)/b13-7+,15-8+. The lowest BCUT2D eigenvalue weighted by molar-refractivity contribution is 0.320. The number of oxime groups is 1. The van der Waals surface area contributed by atoms with Crippen molar-refractivity contribution in [2.24, 2.45) is 21.1 Å². The molecular weight excluding hydrogens is 206 g/mol. The summed E-state index contributed by atoms with van der Waals surface area (Å²) < 4.78 is 0. The van der Waals surface area contributed by atoms with Crippen LogP contribution in [0.5, 0.6) is 0 Å². The van der Waals surface area contributed by atoms with E-state index in [1.807, 2.05) is 0 Å². The SMILES string of the molecule is CC(=N\O)/C(C)=N/N=C(N)C1CCCCN1. The quantitative estimate of drug-likeness (QED) is 0.286. The second-order valence-electron chi connectivity index (χ2n) is 3.90. The third kappa shape index (κ3) is 3.62. The van der Waals surface area contributed by atoms with Crippen LogP contribution in [-0.4, -0.2) is 35.1 Å². The molecule has 0 aromatic heterocycles. The van der Waals surface area contributed by atoms with Crippen molar-refractivity contribution >= 4 is 17.3 Å². The van der Waals surface area contributed by atoms with Crippen LogP contribution in [0.4, 0.5) is 0 Å². The minimum atomic E-state index is 0.122. The molecular formula is C10H19N5O. The molecule has 90 valence electrons. The summed E-state index contributed by atoms with van der Waals surface area (Å²) in [6.07, 6.45) is 3.34. The second-order valence-corrected chi connectivity index (χ2v) is 3.90.